The average Bonchev–Trinajstić information content (AvgIpc) is 2.56. The molecule has 2 N–H and O–H groups in total. The molecule has 0 aliphatic heterocycles. The number of carbonyl (C=O) groups is 1. The molecule has 0 saturated heterocycles. The number of nitrogens with one attached hydrogen (secondary N) is 2. The standard InChI is InChI=1S/C14H16N4O4S/c1-8-13(20)16-14(18-17-8)23-7-12(19)15-10-5-4-9(21-2)6-11(10)22-3/h4-6H,7H2,1-3H3,(H,15,19)(H,16,18,20). The lowest BCUT2D eigenvalue weighted by Gasteiger charge is -2.11. The molecule has 0 aliphatic carbocycles. The van der Waals surface area contributed by atoms with Crippen LogP contribution in [0.1, 0.15) is 5.69 Å². The largest absolute Gasteiger partial charge is 0.497 e. The molecule has 2 aromatic rings. The van der Waals surface area contributed by atoms with Gasteiger partial charge < -0.3 is 14.8 Å². The number of aromatic nitrogens is 3. The van der Waals surface area contributed by atoms with E-state index in [1.54, 1.807) is 32.2 Å². The van der Waals surface area contributed by atoms with Crippen LogP contribution in [0, 0.1) is 6.92 Å². The average molecular weight is 336 g/mol. The van der Waals surface area contributed by atoms with Gasteiger partial charge in [0.1, 0.15) is 17.2 Å². The first-order valence-electron chi connectivity index (χ1n) is 6.61. The molecule has 0 fully saturated rings. The van der Waals surface area contributed by atoms with E-state index in [-0.39, 0.29) is 28.1 Å². The van der Waals surface area contributed by atoms with Crippen LogP contribution in [0.2, 0.25) is 0 Å². The van der Waals surface area contributed by atoms with E-state index in [1.807, 2.05) is 0 Å². The van der Waals surface area contributed by atoms with Gasteiger partial charge in [0.25, 0.3) is 5.56 Å². The van der Waals surface area contributed by atoms with Crippen LogP contribution >= 0.6 is 11.8 Å². The van der Waals surface area contributed by atoms with E-state index in [4.69, 9.17) is 9.47 Å². The van der Waals surface area contributed by atoms with E-state index in [9.17, 15) is 9.59 Å². The predicted molar refractivity (Wildman–Crippen MR) is 86.3 cm³/mol. The number of ether oxygens (including phenoxy) is 2. The number of nitrogens with zero attached hydrogens (tertiary/aromatic N) is 2. The van der Waals surface area contributed by atoms with E-state index in [1.165, 1.54) is 7.11 Å². The molecule has 0 radical (unpaired) electrons. The Kier molecular flexibility index (Phi) is 5.58. The zero-order valence-electron chi connectivity index (χ0n) is 12.9. The Bertz CT molecular complexity index is 763. The fourth-order valence-corrected chi connectivity index (χ4v) is 2.27. The van der Waals surface area contributed by atoms with E-state index >= 15 is 0 Å². The number of hydrogen-bond donors (Lipinski definition) is 2. The quantitative estimate of drug-likeness (QED) is 0.764. The van der Waals surface area contributed by atoms with Crippen molar-refractivity contribution in [3.8, 4) is 11.5 Å². The van der Waals surface area contributed by atoms with Crippen LogP contribution in [0.5, 0.6) is 11.5 Å². The molecule has 0 aliphatic rings. The normalized spacial score (nSPS) is 10.2. The molecule has 1 aromatic carbocycles. The van der Waals surface area contributed by atoms with E-state index in [0.717, 1.165) is 11.8 Å². The van der Waals surface area contributed by atoms with Crippen molar-refractivity contribution in [2.75, 3.05) is 25.3 Å². The lowest BCUT2D eigenvalue weighted by atomic mass is 10.2. The molecule has 122 valence electrons. The molecule has 1 heterocycles. The lowest BCUT2D eigenvalue weighted by molar-refractivity contribution is -0.113. The topological polar surface area (TPSA) is 106 Å². The molecule has 0 bridgehead atoms. The number of amides is 1. The Balaban J connectivity index is 1.99. The number of anilines is 1. The highest BCUT2D eigenvalue weighted by molar-refractivity contribution is 7.99. The number of benzene rings is 1. The molecular weight excluding hydrogens is 320 g/mol. The summed E-state index contributed by atoms with van der Waals surface area (Å²) in [5.74, 6) is 0.928. The van der Waals surface area contributed by atoms with Crippen LogP contribution < -0.4 is 20.3 Å². The summed E-state index contributed by atoms with van der Waals surface area (Å²) in [5.41, 5.74) is 0.490. The highest BCUT2D eigenvalue weighted by Gasteiger charge is 2.10. The van der Waals surface area contributed by atoms with Crippen LogP contribution in [-0.4, -0.2) is 41.1 Å². The van der Waals surface area contributed by atoms with Crippen molar-refractivity contribution in [1.29, 1.82) is 0 Å². The van der Waals surface area contributed by atoms with Gasteiger partial charge in [-0.25, -0.2) is 0 Å². The van der Waals surface area contributed by atoms with Gasteiger partial charge in [0.15, 0.2) is 5.16 Å². The minimum atomic E-state index is -0.320. The molecule has 9 heteroatoms. The summed E-state index contributed by atoms with van der Waals surface area (Å²) in [5, 5.41) is 10.5. The fourth-order valence-electron chi connectivity index (χ4n) is 1.67. The summed E-state index contributed by atoms with van der Waals surface area (Å²) >= 11 is 1.09. The Labute approximate surface area is 136 Å². The number of rotatable bonds is 6. The van der Waals surface area contributed by atoms with Gasteiger partial charge in [0, 0.05) is 6.07 Å². The summed E-state index contributed by atoms with van der Waals surface area (Å²) in [6.45, 7) is 1.56. The van der Waals surface area contributed by atoms with E-state index < -0.39 is 0 Å². The maximum Gasteiger partial charge on any atom is 0.273 e. The number of thioether (sulfide) groups is 1. The summed E-state index contributed by atoms with van der Waals surface area (Å²) in [6, 6.07) is 5.08. The smallest absolute Gasteiger partial charge is 0.273 e. The second-order valence-electron chi connectivity index (χ2n) is 4.45. The first-order chi connectivity index (χ1) is 11.0. The first-order valence-corrected chi connectivity index (χ1v) is 7.60. The number of carbonyl (C=O) groups excluding carboxylic acids is 1. The van der Waals surface area contributed by atoms with Crippen LogP contribution in [0.4, 0.5) is 5.69 Å². The summed E-state index contributed by atoms with van der Waals surface area (Å²) < 4.78 is 10.3. The Morgan fingerprint density at radius 2 is 2.09 bits per heavy atom. The summed E-state index contributed by atoms with van der Waals surface area (Å²) in [4.78, 5) is 26.0. The fraction of sp³-hybridized carbons (Fsp3) is 0.286. The number of aryl methyl sites for hydroxylation is 1. The zero-order chi connectivity index (χ0) is 16.8. The van der Waals surface area contributed by atoms with Gasteiger partial charge in [-0.2, -0.15) is 0 Å². The van der Waals surface area contributed by atoms with Crippen molar-refractivity contribution < 1.29 is 14.3 Å². The van der Waals surface area contributed by atoms with Gasteiger partial charge in [-0.15, -0.1) is 10.2 Å². The third kappa shape index (κ3) is 4.46. The molecular formula is C14H16N4O4S. The minimum Gasteiger partial charge on any atom is -0.497 e. The van der Waals surface area contributed by atoms with Crippen molar-refractivity contribution in [2.24, 2.45) is 0 Å². The molecule has 0 saturated carbocycles. The van der Waals surface area contributed by atoms with Gasteiger partial charge in [0.05, 0.1) is 25.7 Å². The highest BCUT2D eigenvalue weighted by Crippen LogP contribution is 2.29. The summed E-state index contributed by atoms with van der Waals surface area (Å²) in [6.07, 6.45) is 0. The second kappa shape index (κ2) is 7.63. The molecule has 0 atom stereocenters. The molecule has 8 nitrogen and oxygen atoms in total. The molecule has 23 heavy (non-hydrogen) atoms. The Morgan fingerprint density at radius 1 is 1.30 bits per heavy atom. The number of methoxy groups -OCH3 is 2. The molecule has 0 unspecified atom stereocenters. The molecule has 1 aromatic heterocycles. The van der Waals surface area contributed by atoms with Gasteiger partial charge in [-0.1, -0.05) is 11.8 Å². The van der Waals surface area contributed by atoms with Crippen molar-refractivity contribution in [1.82, 2.24) is 15.2 Å². The molecule has 1 amide bonds. The summed E-state index contributed by atoms with van der Waals surface area (Å²) in [7, 11) is 3.05. The number of aromatic amines is 1. The van der Waals surface area contributed by atoms with E-state index in [0.29, 0.717) is 17.2 Å². The Morgan fingerprint density at radius 3 is 2.74 bits per heavy atom. The van der Waals surface area contributed by atoms with Crippen molar-refractivity contribution in [2.45, 2.75) is 12.1 Å². The second-order valence-corrected chi connectivity index (χ2v) is 5.41. The van der Waals surface area contributed by atoms with Crippen LogP contribution in [0.15, 0.2) is 28.2 Å². The number of H-pyrrole nitrogens is 1. The SMILES string of the molecule is COc1ccc(NC(=O)CSc2nnc(C)c(=O)[nH]2)c(OC)c1. The first kappa shape index (κ1) is 16.8. The van der Waals surface area contributed by atoms with Crippen LogP contribution in [0.25, 0.3) is 0 Å². The van der Waals surface area contributed by atoms with Gasteiger partial charge in [0.2, 0.25) is 5.91 Å². The van der Waals surface area contributed by atoms with Crippen molar-refractivity contribution in [3.63, 3.8) is 0 Å². The predicted octanol–water partition coefficient (Wildman–Crippen LogP) is 1.22. The van der Waals surface area contributed by atoms with Crippen LogP contribution in [0.3, 0.4) is 0 Å². The van der Waals surface area contributed by atoms with Gasteiger partial charge in [-0.3, -0.25) is 14.6 Å². The van der Waals surface area contributed by atoms with Crippen molar-refractivity contribution in [3.05, 3.63) is 34.2 Å². The number of hydrogen-bond acceptors (Lipinski definition) is 7. The van der Waals surface area contributed by atoms with Gasteiger partial charge in [-0.05, 0) is 19.1 Å². The minimum absolute atomic E-state index is 0.0723. The maximum atomic E-state index is 12.0. The van der Waals surface area contributed by atoms with Gasteiger partial charge >= 0.3 is 0 Å². The lowest BCUT2D eigenvalue weighted by Crippen LogP contribution is -2.17. The molecule has 2 rings (SSSR count). The third-order valence-electron chi connectivity index (χ3n) is 2.86. The zero-order valence-corrected chi connectivity index (χ0v) is 13.7. The Hall–Kier alpha value is -2.55. The third-order valence-corrected chi connectivity index (χ3v) is 3.73. The molecule has 0 spiro atoms. The highest BCUT2D eigenvalue weighted by atomic mass is 32.2. The van der Waals surface area contributed by atoms with Crippen LogP contribution in [-0.2, 0) is 4.79 Å². The van der Waals surface area contributed by atoms with E-state index in [2.05, 4.69) is 20.5 Å². The maximum absolute atomic E-state index is 12.0. The van der Waals surface area contributed by atoms with Crippen molar-refractivity contribution >= 4 is 23.4 Å². The monoisotopic (exact) mass is 336 g/mol.